The van der Waals surface area contributed by atoms with Crippen LogP contribution in [0.15, 0.2) is 25.0 Å². The van der Waals surface area contributed by atoms with Crippen molar-refractivity contribution in [2.75, 3.05) is 7.05 Å². The molecule has 0 fully saturated rings. The van der Waals surface area contributed by atoms with Crippen LogP contribution in [0, 0.1) is 6.92 Å². The summed E-state index contributed by atoms with van der Waals surface area (Å²) < 4.78 is 0. The largest absolute Gasteiger partial charge is 0.307 e. The van der Waals surface area contributed by atoms with Crippen LogP contribution in [0.25, 0.3) is 0 Å². The molecule has 0 bridgehead atoms. The third-order valence-electron chi connectivity index (χ3n) is 1.63. The number of rotatable bonds is 3. The molecule has 1 aromatic rings. The second-order valence-electron chi connectivity index (χ2n) is 2.62. The van der Waals surface area contributed by atoms with E-state index in [1.54, 1.807) is 18.5 Å². The average molecular weight is 163 g/mol. The number of hydrogen-bond acceptors (Lipinski definition) is 3. The van der Waals surface area contributed by atoms with Crippen molar-refractivity contribution in [1.29, 1.82) is 0 Å². The highest BCUT2D eigenvalue weighted by Gasteiger charge is 2.05. The summed E-state index contributed by atoms with van der Waals surface area (Å²) in [6.07, 6.45) is 5.39. The first kappa shape index (κ1) is 8.87. The third kappa shape index (κ3) is 1.89. The molecule has 1 heterocycles. The summed E-state index contributed by atoms with van der Waals surface area (Å²) in [4.78, 5) is 8.35. The van der Waals surface area contributed by atoms with Crippen LogP contribution in [0.2, 0.25) is 0 Å². The Morgan fingerprint density at radius 1 is 1.50 bits per heavy atom. The molecule has 1 atom stereocenters. The van der Waals surface area contributed by atoms with Gasteiger partial charge in [-0.25, -0.2) is 9.97 Å². The summed E-state index contributed by atoms with van der Waals surface area (Å²) >= 11 is 0. The van der Waals surface area contributed by atoms with E-state index in [4.69, 9.17) is 0 Å². The molecule has 3 heteroatoms. The molecule has 0 amide bonds. The first-order valence-corrected chi connectivity index (χ1v) is 3.86. The molecule has 0 saturated carbocycles. The van der Waals surface area contributed by atoms with Crippen molar-refractivity contribution in [2.45, 2.75) is 13.0 Å². The van der Waals surface area contributed by atoms with Gasteiger partial charge in [-0.2, -0.15) is 0 Å². The molecular weight excluding hydrogens is 150 g/mol. The molecule has 12 heavy (non-hydrogen) atoms. The normalized spacial score (nSPS) is 12.5. The topological polar surface area (TPSA) is 37.8 Å². The van der Waals surface area contributed by atoms with E-state index < -0.39 is 0 Å². The predicted molar refractivity (Wildman–Crippen MR) is 48.8 cm³/mol. The Morgan fingerprint density at radius 3 is 2.50 bits per heavy atom. The van der Waals surface area contributed by atoms with Gasteiger partial charge >= 0.3 is 0 Å². The zero-order chi connectivity index (χ0) is 8.97. The highest BCUT2D eigenvalue weighted by atomic mass is 15.0. The Labute approximate surface area is 72.6 Å². The van der Waals surface area contributed by atoms with Crippen LogP contribution in [0.3, 0.4) is 0 Å². The van der Waals surface area contributed by atoms with E-state index >= 15 is 0 Å². The molecule has 1 rings (SSSR count). The van der Waals surface area contributed by atoms with Gasteiger partial charge in [-0.1, -0.05) is 6.08 Å². The molecular formula is C9H13N3. The van der Waals surface area contributed by atoms with Gasteiger partial charge in [0.2, 0.25) is 0 Å². The number of aryl methyl sites for hydroxylation is 1. The molecule has 3 nitrogen and oxygen atoms in total. The summed E-state index contributed by atoms with van der Waals surface area (Å²) in [7, 11) is 1.86. The van der Waals surface area contributed by atoms with E-state index in [0.717, 1.165) is 11.4 Å². The smallest absolute Gasteiger partial charge is 0.148 e. The van der Waals surface area contributed by atoms with Crippen molar-refractivity contribution in [3.8, 4) is 0 Å². The number of nitrogens with one attached hydrogen (secondary N) is 1. The number of aromatic nitrogens is 2. The summed E-state index contributed by atoms with van der Waals surface area (Å²) in [5.41, 5.74) is 1.07. The summed E-state index contributed by atoms with van der Waals surface area (Å²) in [6, 6.07) is 0.0469. The zero-order valence-corrected chi connectivity index (χ0v) is 7.41. The van der Waals surface area contributed by atoms with Gasteiger partial charge in [-0.15, -0.1) is 6.58 Å². The van der Waals surface area contributed by atoms with Crippen molar-refractivity contribution < 1.29 is 0 Å². The Kier molecular flexibility index (Phi) is 2.94. The third-order valence-corrected chi connectivity index (χ3v) is 1.63. The summed E-state index contributed by atoms with van der Waals surface area (Å²) in [5.74, 6) is 0.762. The molecule has 0 aliphatic rings. The van der Waals surface area contributed by atoms with Gasteiger partial charge in [-0.05, 0) is 19.5 Å². The first-order chi connectivity index (χ1) is 5.77. The predicted octanol–water partition coefficient (Wildman–Crippen LogP) is 1.23. The van der Waals surface area contributed by atoms with E-state index in [0.29, 0.717) is 0 Å². The fraction of sp³-hybridized carbons (Fsp3) is 0.333. The lowest BCUT2D eigenvalue weighted by atomic mass is 10.2. The molecule has 0 aromatic carbocycles. The molecule has 64 valence electrons. The molecule has 1 aromatic heterocycles. The minimum atomic E-state index is 0.0469. The van der Waals surface area contributed by atoms with Gasteiger partial charge in [0, 0.05) is 12.4 Å². The van der Waals surface area contributed by atoms with Crippen molar-refractivity contribution in [1.82, 2.24) is 15.3 Å². The standard InChI is InChI=1S/C9H13N3/c1-4-8(10-3)9-11-5-7(2)6-12-9/h4-6,8,10H,1H2,2-3H3. The molecule has 0 radical (unpaired) electrons. The maximum absolute atomic E-state index is 4.18. The van der Waals surface area contributed by atoms with Crippen molar-refractivity contribution in [3.05, 3.63) is 36.4 Å². The average Bonchev–Trinajstić information content (AvgIpc) is 2.10. The Balaban J connectivity index is 2.87. The van der Waals surface area contributed by atoms with Crippen LogP contribution in [-0.4, -0.2) is 17.0 Å². The van der Waals surface area contributed by atoms with Crippen molar-refractivity contribution in [2.24, 2.45) is 0 Å². The Hall–Kier alpha value is -1.22. The lowest BCUT2D eigenvalue weighted by molar-refractivity contribution is 0.666. The van der Waals surface area contributed by atoms with E-state index in [-0.39, 0.29) is 6.04 Å². The van der Waals surface area contributed by atoms with Crippen LogP contribution in [0.5, 0.6) is 0 Å². The van der Waals surface area contributed by atoms with Crippen LogP contribution in [-0.2, 0) is 0 Å². The second-order valence-corrected chi connectivity index (χ2v) is 2.62. The maximum Gasteiger partial charge on any atom is 0.148 e. The van der Waals surface area contributed by atoms with Gasteiger partial charge in [0.1, 0.15) is 5.82 Å². The molecule has 0 aliphatic carbocycles. The van der Waals surface area contributed by atoms with Crippen LogP contribution < -0.4 is 5.32 Å². The lowest BCUT2D eigenvalue weighted by Gasteiger charge is -2.08. The summed E-state index contributed by atoms with van der Waals surface area (Å²) in [6.45, 7) is 5.65. The van der Waals surface area contributed by atoms with Gasteiger partial charge in [-0.3, -0.25) is 0 Å². The van der Waals surface area contributed by atoms with Crippen LogP contribution >= 0.6 is 0 Å². The lowest BCUT2D eigenvalue weighted by Crippen LogP contribution is -2.16. The molecule has 1 N–H and O–H groups in total. The zero-order valence-electron chi connectivity index (χ0n) is 7.41. The highest BCUT2D eigenvalue weighted by Crippen LogP contribution is 2.06. The van der Waals surface area contributed by atoms with Crippen molar-refractivity contribution in [3.63, 3.8) is 0 Å². The fourth-order valence-electron chi connectivity index (χ4n) is 0.916. The molecule has 0 spiro atoms. The van der Waals surface area contributed by atoms with E-state index in [2.05, 4.69) is 21.9 Å². The minimum absolute atomic E-state index is 0.0469. The molecule has 0 aliphatic heterocycles. The second kappa shape index (κ2) is 3.97. The van der Waals surface area contributed by atoms with Gasteiger partial charge in [0.15, 0.2) is 0 Å². The summed E-state index contributed by atoms with van der Waals surface area (Å²) in [5, 5.41) is 3.04. The van der Waals surface area contributed by atoms with E-state index in [1.807, 2.05) is 14.0 Å². The Bertz CT molecular complexity index is 253. The minimum Gasteiger partial charge on any atom is -0.307 e. The molecule has 0 saturated heterocycles. The molecule has 1 unspecified atom stereocenters. The first-order valence-electron chi connectivity index (χ1n) is 3.86. The van der Waals surface area contributed by atoms with E-state index in [9.17, 15) is 0 Å². The fourth-order valence-corrected chi connectivity index (χ4v) is 0.916. The quantitative estimate of drug-likeness (QED) is 0.681. The monoisotopic (exact) mass is 163 g/mol. The van der Waals surface area contributed by atoms with Crippen molar-refractivity contribution >= 4 is 0 Å². The SMILES string of the molecule is C=CC(NC)c1ncc(C)cn1. The van der Waals surface area contributed by atoms with Gasteiger partial charge < -0.3 is 5.32 Å². The highest BCUT2D eigenvalue weighted by molar-refractivity contribution is 5.08. The maximum atomic E-state index is 4.18. The number of hydrogen-bond donors (Lipinski definition) is 1. The van der Waals surface area contributed by atoms with Crippen LogP contribution in [0.4, 0.5) is 0 Å². The van der Waals surface area contributed by atoms with E-state index in [1.165, 1.54) is 0 Å². The number of likely N-dealkylation sites (N-methyl/N-ethyl adjacent to an activating group) is 1. The number of nitrogens with zero attached hydrogens (tertiary/aromatic N) is 2. The Morgan fingerprint density at radius 2 is 2.08 bits per heavy atom. The van der Waals surface area contributed by atoms with Gasteiger partial charge in [0.25, 0.3) is 0 Å². The van der Waals surface area contributed by atoms with Crippen LogP contribution in [0.1, 0.15) is 17.4 Å². The van der Waals surface area contributed by atoms with Gasteiger partial charge in [0.05, 0.1) is 6.04 Å².